The van der Waals surface area contributed by atoms with Crippen molar-refractivity contribution in [3.63, 3.8) is 0 Å². The minimum absolute atomic E-state index is 0.505. The van der Waals surface area contributed by atoms with Crippen molar-refractivity contribution in [3.8, 4) is 0 Å². The predicted octanol–water partition coefficient (Wildman–Crippen LogP) is 1.57. The van der Waals surface area contributed by atoms with E-state index in [2.05, 4.69) is 24.0 Å². The molecule has 0 saturated carbocycles. The first-order valence-electron chi connectivity index (χ1n) is 2.72. The summed E-state index contributed by atoms with van der Waals surface area (Å²) in [6, 6.07) is 0. The van der Waals surface area contributed by atoms with E-state index in [0.717, 1.165) is 0 Å². The van der Waals surface area contributed by atoms with Crippen molar-refractivity contribution in [2.24, 2.45) is 0 Å². The minimum atomic E-state index is 0.505. The molecule has 1 rings (SSSR count). The quantitative estimate of drug-likeness (QED) is 0.590. The molecule has 0 aromatic carbocycles. The van der Waals surface area contributed by atoms with Gasteiger partial charge in [-0.2, -0.15) is 0 Å². The summed E-state index contributed by atoms with van der Waals surface area (Å²) in [6.45, 7) is 4.16. The van der Waals surface area contributed by atoms with Crippen LogP contribution >= 0.6 is 11.8 Å². The summed E-state index contributed by atoms with van der Waals surface area (Å²) < 4.78 is 4.89. The molecule has 0 aliphatic rings. The molecule has 3 nitrogen and oxygen atoms in total. The summed E-state index contributed by atoms with van der Waals surface area (Å²) >= 11 is 1.56. The van der Waals surface area contributed by atoms with Gasteiger partial charge in [0.25, 0.3) is 5.22 Å². The van der Waals surface area contributed by atoms with E-state index in [4.69, 9.17) is 4.42 Å². The Morgan fingerprint density at radius 3 is 2.89 bits per heavy atom. The number of rotatable bonds is 2. The summed E-state index contributed by atoms with van der Waals surface area (Å²) in [4.78, 5) is 0. The molecule has 0 spiro atoms. The molecule has 1 aromatic heterocycles. The third-order valence-electron chi connectivity index (χ3n) is 0.677. The van der Waals surface area contributed by atoms with Gasteiger partial charge in [-0.25, -0.2) is 0 Å². The average Bonchev–Trinajstić information content (AvgIpc) is 2.15. The number of thioether (sulfide) groups is 1. The van der Waals surface area contributed by atoms with Crippen LogP contribution in [0.2, 0.25) is 0 Å². The topological polar surface area (TPSA) is 38.9 Å². The van der Waals surface area contributed by atoms with Crippen LogP contribution in [0.3, 0.4) is 0 Å². The Kier molecular flexibility index (Phi) is 2.10. The molecule has 9 heavy (non-hydrogen) atoms. The van der Waals surface area contributed by atoms with Gasteiger partial charge in [0.1, 0.15) is 0 Å². The lowest BCUT2D eigenvalue weighted by molar-refractivity contribution is 0.452. The van der Waals surface area contributed by atoms with Crippen molar-refractivity contribution in [2.45, 2.75) is 24.3 Å². The number of aromatic nitrogens is 2. The molecule has 1 aromatic rings. The summed E-state index contributed by atoms with van der Waals surface area (Å²) in [5.41, 5.74) is 0. The maximum absolute atomic E-state index is 4.89. The third-order valence-corrected chi connectivity index (χ3v) is 1.53. The SMILES string of the molecule is CC(C)Sc1nnco1. The first-order valence-corrected chi connectivity index (χ1v) is 3.60. The molecule has 0 unspecified atom stereocenters. The molecule has 0 fully saturated rings. The molecule has 0 N–H and O–H groups in total. The van der Waals surface area contributed by atoms with Crippen molar-refractivity contribution >= 4 is 11.8 Å². The highest BCUT2D eigenvalue weighted by Crippen LogP contribution is 2.18. The molecule has 0 saturated heterocycles. The average molecular weight is 144 g/mol. The third kappa shape index (κ3) is 2.05. The Morgan fingerprint density at radius 1 is 1.67 bits per heavy atom. The van der Waals surface area contributed by atoms with Crippen LogP contribution in [0.25, 0.3) is 0 Å². The van der Waals surface area contributed by atoms with E-state index in [-0.39, 0.29) is 0 Å². The van der Waals surface area contributed by atoms with Crippen LogP contribution in [0.5, 0.6) is 0 Å². The highest BCUT2D eigenvalue weighted by molar-refractivity contribution is 7.99. The Hall–Kier alpha value is -0.510. The second-order valence-electron chi connectivity index (χ2n) is 1.87. The second kappa shape index (κ2) is 2.87. The second-order valence-corrected chi connectivity index (χ2v) is 3.40. The Morgan fingerprint density at radius 2 is 2.44 bits per heavy atom. The van der Waals surface area contributed by atoms with Gasteiger partial charge in [-0.1, -0.05) is 25.6 Å². The van der Waals surface area contributed by atoms with E-state index in [1.165, 1.54) is 6.39 Å². The molecule has 1 heterocycles. The fourth-order valence-electron chi connectivity index (χ4n) is 0.416. The molecule has 0 bridgehead atoms. The standard InChI is InChI=1S/C5H8N2OS/c1-4(2)9-5-7-6-3-8-5/h3-4H,1-2H3. The van der Waals surface area contributed by atoms with Gasteiger partial charge in [-0.3, -0.25) is 0 Å². The fourth-order valence-corrected chi connectivity index (χ4v) is 1.01. The van der Waals surface area contributed by atoms with Crippen LogP contribution in [0.4, 0.5) is 0 Å². The Balaban J connectivity index is 2.48. The summed E-state index contributed by atoms with van der Waals surface area (Å²) in [5.74, 6) is 0. The van der Waals surface area contributed by atoms with Gasteiger partial charge >= 0.3 is 0 Å². The maximum atomic E-state index is 4.89. The van der Waals surface area contributed by atoms with E-state index in [9.17, 15) is 0 Å². The van der Waals surface area contributed by atoms with Crippen LogP contribution < -0.4 is 0 Å². The molecular formula is C5H8N2OS. The first-order chi connectivity index (χ1) is 4.29. The van der Waals surface area contributed by atoms with Gasteiger partial charge in [-0.05, 0) is 0 Å². The number of nitrogens with zero attached hydrogens (tertiary/aromatic N) is 2. The van der Waals surface area contributed by atoms with Crippen LogP contribution in [0.15, 0.2) is 16.0 Å². The van der Waals surface area contributed by atoms with E-state index in [0.29, 0.717) is 10.5 Å². The van der Waals surface area contributed by atoms with Gasteiger partial charge in [-0.15, -0.1) is 10.2 Å². The van der Waals surface area contributed by atoms with Crippen molar-refractivity contribution in [2.75, 3.05) is 0 Å². The smallest absolute Gasteiger partial charge is 0.276 e. The lowest BCUT2D eigenvalue weighted by atomic mass is 10.6. The normalized spacial score (nSPS) is 10.6. The highest BCUT2D eigenvalue weighted by atomic mass is 32.2. The molecule has 0 radical (unpaired) electrons. The Labute approximate surface area is 57.9 Å². The molecular weight excluding hydrogens is 136 g/mol. The van der Waals surface area contributed by atoms with E-state index < -0.39 is 0 Å². The Bertz CT molecular complexity index is 161. The van der Waals surface area contributed by atoms with Gasteiger partial charge in [0.15, 0.2) is 0 Å². The van der Waals surface area contributed by atoms with E-state index in [1.807, 2.05) is 0 Å². The van der Waals surface area contributed by atoms with Crippen LogP contribution in [-0.4, -0.2) is 15.4 Å². The van der Waals surface area contributed by atoms with Gasteiger partial charge in [0.05, 0.1) is 0 Å². The van der Waals surface area contributed by atoms with Crippen molar-refractivity contribution in [1.82, 2.24) is 10.2 Å². The molecule has 0 aliphatic heterocycles. The molecule has 4 heteroatoms. The minimum Gasteiger partial charge on any atom is -0.419 e. The zero-order valence-corrected chi connectivity index (χ0v) is 6.18. The van der Waals surface area contributed by atoms with Crippen molar-refractivity contribution in [1.29, 1.82) is 0 Å². The highest BCUT2D eigenvalue weighted by Gasteiger charge is 2.01. The van der Waals surface area contributed by atoms with Crippen molar-refractivity contribution in [3.05, 3.63) is 6.39 Å². The van der Waals surface area contributed by atoms with Gasteiger partial charge < -0.3 is 4.42 Å². The zero-order chi connectivity index (χ0) is 6.69. The first kappa shape index (κ1) is 6.61. The van der Waals surface area contributed by atoms with Crippen LogP contribution in [-0.2, 0) is 0 Å². The number of hydrogen-bond donors (Lipinski definition) is 0. The largest absolute Gasteiger partial charge is 0.419 e. The predicted molar refractivity (Wildman–Crippen MR) is 35.3 cm³/mol. The van der Waals surface area contributed by atoms with Crippen LogP contribution in [0.1, 0.15) is 13.8 Å². The van der Waals surface area contributed by atoms with E-state index >= 15 is 0 Å². The summed E-state index contributed by atoms with van der Waals surface area (Å²) in [6.07, 6.45) is 1.34. The molecule has 0 aliphatic carbocycles. The zero-order valence-electron chi connectivity index (χ0n) is 5.37. The molecule has 0 atom stereocenters. The van der Waals surface area contributed by atoms with E-state index in [1.54, 1.807) is 11.8 Å². The van der Waals surface area contributed by atoms with Crippen molar-refractivity contribution < 1.29 is 4.42 Å². The number of hydrogen-bond acceptors (Lipinski definition) is 4. The fraction of sp³-hybridized carbons (Fsp3) is 0.600. The van der Waals surface area contributed by atoms with Gasteiger partial charge in [0.2, 0.25) is 6.39 Å². The molecule has 0 amide bonds. The summed E-state index contributed by atoms with van der Waals surface area (Å²) in [5, 5.41) is 8.39. The maximum Gasteiger partial charge on any atom is 0.276 e. The monoisotopic (exact) mass is 144 g/mol. The summed E-state index contributed by atoms with van der Waals surface area (Å²) in [7, 11) is 0. The lowest BCUT2D eigenvalue weighted by Crippen LogP contribution is -1.84. The molecule has 50 valence electrons. The lowest BCUT2D eigenvalue weighted by Gasteiger charge is -1.95. The van der Waals surface area contributed by atoms with Gasteiger partial charge in [0, 0.05) is 5.25 Å². The van der Waals surface area contributed by atoms with Crippen LogP contribution in [0, 0.1) is 0 Å².